The lowest BCUT2D eigenvalue weighted by molar-refractivity contribution is -0.138. The van der Waals surface area contributed by atoms with Crippen LogP contribution in [0.25, 0.3) is 21.3 Å². The number of benzene rings is 1. The van der Waals surface area contributed by atoms with Crippen molar-refractivity contribution in [1.29, 1.82) is 0 Å². The molecule has 0 radical (unpaired) electrons. The van der Waals surface area contributed by atoms with E-state index in [0.29, 0.717) is 17.8 Å². The molecule has 3 aromatic rings. The molecule has 37 heavy (non-hydrogen) atoms. The van der Waals surface area contributed by atoms with Crippen molar-refractivity contribution in [2.45, 2.75) is 72.6 Å². The number of aromatic nitrogens is 4. The Morgan fingerprint density at radius 1 is 1.14 bits per heavy atom. The highest BCUT2D eigenvalue weighted by Gasteiger charge is 2.31. The SMILES string of the molecule is Cc1cc(-c2nnc(-c3nn(C)c4c3CCC(C)(C)C4)s2)cc(C)c1CCN1CCC(CC(=O)O)CC1. The highest BCUT2D eigenvalue weighted by atomic mass is 32.1. The lowest BCUT2D eigenvalue weighted by Gasteiger charge is -2.31. The summed E-state index contributed by atoms with van der Waals surface area (Å²) < 4.78 is 2.05. The van der Waals surface area contributed by atoms with Gasteiger partial charge in [-0.15, -0.1) is 10.2 Å². The fourth-order valence-electron chi connectivity index (χ4n) is 6.14. The van der Waals surface area contributed by atoms with E-state index in [4.69, 9.17) is 10.2 Å². The summed E-state index contributed by atoms with van der Waals surface area (Å²) in [5.74, 6) is -0.340. The number of carbonyl (C=O) groups is 1. The number of carboxylic acid groups (broad SMARTS) is 1. The van der Waals surface area contributed by atoms with Gasteiger partial charge in [-0.1, -0.05) is 25.2 Å². The molecule has 1 fully saturated rings. The molecule has 0 spiro atoms. The number of hydrogen-bond acceptors (Lipinski definition) is 6. The number of hydrogen-bond donors (Lipinski definition) is 1. The van der Waals surface area contributed by atoms with E-state index < -0.39 is 5.97 Å². The first-order chi connectivity index (χ1) is 17.6. The molecule has 1 N–H and O–H groups in total. The largest absolute Gasteiger partial charge is 0.481 e. The number of nitrogens with zero attached hydrogens (tertiary/aromatic N) is 5. The zero-order valence-electron chi connectivity index (χ0n) is 22.8. The van der Waals surface area contributed by atoms with E-state index in [9.17, 15) is 4.79 Å². The molecule has 2 aromatic heterocycles. The zero-order valence-corrected chi connectivity index (χ0v) is 23.6. The summed E-state index contributed by atoms with van der Waals surface area (Å²) in [5.41, 5.74) is 9.14. The van der Waals surface area contributed by atoms with Crippen LogP contribution in [0, 0.1) is 25.2 Å². The number of aryl methyl sites for hydroxylation is 3. The predicted molar refractivity (Wildman–Crippen MR) is 148 cm³/mol. The van der Waals surface area contributed by atoms with Crippen LogP contribution in [0.4, 0.5) is 0 Å². The van der Waals surface area contributed by atoms with Crippen molar-refractivity contribution in [2.24, 2.45) is 18.4 Å². The lowest BCUT2D eigenvalue weighted by atomic mass is 9.76. The molecule has 1 saturated heterocycles. The number of aliphatic carboxylic acids is 1. The van der Waals surface area contributed by atoms with Gasteiger partial charge in [-0.2, -0.15) is 5.10 Å². The minimum absolute atomic E-state index is 0.307. The summed E-state index contributed by atoms with van der Waals surface area (Å²) in [6.45, 7) is 12.1. The maximum atomic E-state index is 11.0. The van der Waals surface area contributed by atoms with E-state index in [-0.39, 0.29) is 0 Å². The molecule has 0 amide bonds. The van der Waals surface area contributed by atoms with E-state index in [2.05, 4.69) is 62.0 Å². The highest BCUT2D eigenvalue weighted by Crippen LogP contribution is 2.40. The van der Waals surface area contributed by atoms with Gasteiger partial charge in [0.25, 0.3) is 0 Å². The molecule has 0 bridgehead atoms. The van der Waals surface area contributed by atoms with Crippen molar-refractivity contribution in [1.82, 2.24) is 24.9 Å². The summed E-state index contributed by atoms with van der Waals surface area (Å²) in [5, 5.41) is 24.9. The van der Waals surface area contributed by atoms with Crippen LogP contribution < -0.4 is 0 Å². The fourth-order valence-corrected chi connectivity index (χ4v) is 6.98. The Morgan fingerprint density at radius 2 is 1.81 bits per heavy atom. The van der Waals surface area contributed by atoms with Crippen LogP contribution in [0.15, 0.2) is 12.1 Å². The molecule has 198 valence electrons. The lowest BCUT2D eigenvalue weighted by Crippen LogP contribution is -2.35. The summed E-state index contributed by atoms with van der Waals surface area (Å²) >= 11 is 1.64. The van der Waals surface area contributed by atoms with Gasteiger partial charge in [0.15, 0.2) is 5.01 Å². The van der Waals surface area contributed by atoms with Crippen molar-refractivity contribution >= 4 is 17.3 Å². The number of rotatable bonds is 7. The van der Waals surface area contributed by atoms with Crippen molar-refractivity contribution in [3.63, 3.8) is 0 Å². The normalized spacial score (nSPS) is 18.2. The first kappa shape index (κ1) is 26.0. The topological polar surface area (TPSA) is 84.1 Å². The van der Waals surface area contributed by atoms with E-state index >= 15 is 0 Å². The number of fused-ring (bicyclic) bond motifs is 1. The summed E-state index contributed by atoms with van der Waals surface area (Å²) in [4.78, 5) is 13.5. The Kier molecular flexibility index (Phi) is 7.24. The Balaban J connectivity index is 1.28. The molecule has 1 aliphatic carbocycles. The summed E-state index contributed by atoms with van der Waals surface area (Å²) in [7, 11) is 2.05. The Bertz CT molecular complexity index is 1280. The third-order valence-corrected chi connectivity index (χ3v) is 9.37. The molecule has 3 heterocycles. The second-order valence-corrected chi connectivity index (χ2v) is 12.8. The van der Waals surface area contributed by atoms with Crippen LogP contribution in [-0.2, 0) is 31.1 Å². The summed E-state index contributed by atoms with van der Waals surface area (Å²) in [6.07, 6.45) is 6.56. The second kappa shape index (κ2) is 10.3. The molecule has 0 atom stereocenters. The van der Waals surface area contributed by atoms with Crippen LogP contribution in [0.5, 0.6) is 0 Å². The minimum atomic E-state index is -0.671. The third kappa shape index (κ3) is 5.65. The first-order valence-corrected chi connectivity index (χ1v) is 14.3. The van der Waals surface area contributed by atoms with Gasteiger partial charge in [0.1, 0.15) is 10.7 Å². The van der Waals surface area contributed by atoms with Crippen molar-refractivity contribution in [2.75, 3.05) is 19.6 Å². The molecular formula is C29H39N5O2S. The Morgan fingerprint density at radius 3 is 2.49 bits per heavy atom. The van der Waals surface area contributed by atoms with Gasteiger partial charge < -0.3 is 10.0 Å². The van der Waals surface area contributed by atoms with Gasteiger partial charge in [0.05, 0.1) is 0 Å². The molecular weight excluding hydrogens is 482 g/mol. The fraction of sp³-hybridized carbons (Fsp3) is 0.586. The molecule has 1 aromatic carbocycles. The van der Waals surface area contributed by atoms with E-state index in [1.807, 2.05) is 4.68 Å². The van der Waals surface area contributed by atoms with Crippen LogP contribution >= 0.6 is 11.3 Å². The summed E-state index contributed by atoms with van der Waals surface area (Å²) in [6, 6.07) is 4.50. The number of carboxylic acids is 1. The molecule has 7 nitrogen and oxygen atoms in total. The van der Waals surface area contributed by atoms with Crippen LogP contribution in [-0.4, -0.2) is 55.6 Å². The standard InChI is InChI=1S/C29H39N5O2S/c1-18-14-21(15-19(2)22(18)9-13-34-11-7-20(8-12-34)16-25(35)36)27-30-31-28(37-27)26-23-6-10-29(3,4)17-24(23)33(5)32-26/h14-15,20H,6-13,16-17H2,1-5H3,(H,35,36). The molecule has 1 aliphatic heterocycles. The van der Waals surface area contributed by atoms with Gasteiger partial charge in [0, 0.05) is 36.8 Å². The zero-order chi connectivity index (χ0) is 26.3. The van der Waals surface area contributed by atoms with E-state index in [1.165, 1.54) is 34.4 Å². The monoisotopic (exact) mass is 521 g/mol. The van der Waals surface area contributed by atoms with Crippen LogP contribution in [0.3, 0.4) is 0 Å². The minimum Gasteiger partial charge on any atom is -0.481 e. The average molecular weight is 522 g/mol. The highest BCUT2D eigenvalue weighted by molar-refractivity contribution is 7.17. The quantitative estimate of drug-likeness (QED) is 0.444. The van der Waals surface area contributed by atoms with Crippen molar-refractivity contribution < 1.29 is 9.90 Å². The average Bonchev–Trinajstić information content (AvgIpc) is 3.43. The number of piperidine rings is 1. The van der Waals surface area contributed by atoms with Crippen LogP contribution in [0.2, 0.25) is 0 Å². The van der Waals surface area contributed by atoms with Gasteiger partial charge in [-0.05, 0) is 106 Å². The molecule has 5 rings (SSSR count). The van der Waals surface area contributed by atoms with Gasteiger partial charge in [0.2, 0.25) is 0 Å². The molecule has 0 unspecified atom stereocenters. The van der Waals surface area contributed by atoms with Crippen LogP contribution in [0.1, 0.15) is 67.5 Å². The van der Waals surface area contributed by atoms with Gasteiger partial charge >= 0.3 is 5.97 Å². The maximum Gasteiger partial charge on any atom is 0.303 e. The maximum absolute atomic E-state index is 11.0. The predicted octanol–water partition coefficient (Wildman–Crippen LogP) is 5.47. The van der Waals surface area contributed by atoms with Gasteiger partial charge in [-0.3, -0.25) is 9.48 Å². The van der Waals surface area contributed by atoms with Crippen molar-refractivity contribution in [3.05, 3.63) is 40.1 Å². The Labute approximate surface area is 223 Å². The van der Waals surface area contributed by atoms with Crippen molar-refractivity contribution in [3.8, 4) is 21.3 Å². The molecule has 2 aliphatic rings. The third-order valence-electron chi connectivity index (χ3n) is 8.39. The Hall–Kier alpha value is -2.58. The second-order valence-electron chi connectivity index (χ2n) is 11.9. The molecule has 0 saturated carbocycles. The van der Waals surface area contributed by atoms with E-state index in [1.54, 1.807) is 11.3 Å². The van der Waals surface area contributed by atoms with E-state index in [0.717, 1.165) is 73.0 Å². The number of likely N-dealkylation sites (tertiary alicyclic amines) is 1. The first-order valence-electron chi connectivity index (χ1n) is 13.5. The smallest absolute Gasteiger partial charge is 0.303 e. The molecule has 8 heteroatoms. The van der Waals surface area contributed by atoms with Gasteiger partial charge in [-0.25, -0.2) is 0 Å².